The van der Waals surface area contributed by atoms with Crippen molar-refractivity contribution >= 4 is 50.8 Å². The molecule has 8 heteroatoms. The number of urea groups is 1. The fraction of sp³-hybridized carbons (Fsp3) is 0.375. The Balaban J connectivity index is 1.32. The maximum atomic E-state index is 12.7. The van der Waals surface area contributed by atoms with Gasteiger partial charge in [-0.3, -0.25) is 4.79 Å². The number of thiazole rings is 1. The average molecular weight is 471 g/mol. The fourth-order valence-corrected chi connectivity index (χ4v) is 5.17. The van der Waals surface area contributed by atoms with Gasteiger partial charge in [-0.25, -0.2) is 9.78 Å². The molecule has 4 rings (SSSR count). The molecule has 168 valence electrons. The van der Waals surface area contributed by atoms with Crippen molar-refractivity contribution in [3.8, 4) is 0 Å². The highest BCUT2D eigenvalue weighted by Gasteiger charge is 2.26. The molecule has 0 atom stereocenters. The second kappa shape index (κ2) is 9.88. The van der Waals surface area contributed by atoms with Crippen LogP contribution < -0.4 is 10.6 Å². The summed E-state index contributed by atoms with van der Waals surface area (Å²) in [4.78, 5) is 31.6. The molecule has 2 N–H and O–H groups in total. The summed E-state index contributed by atoms with van der Waals surface area (Å²) >= 11 is 8.05. The Bertz CT molecular complexity index is 1090. The SMILES string of the molecule is CC(C)CNC(=O)c1ccc(NC(=O)N2CCC(c3nc4ccccc4s3)CC2)cc1Cl. The number of fused-ring (bicyclic) bond motifs is 1. The lowest BCUT2D eigenvalue weighted by molar-refractivity contribution is 0.0949. The fourth-order valence-electron chi connectivity index (χ4n) is 3.77. The number of piperidine rings is 1. The smallest absolute Gasteiger partial charge is 0.321 e. The number of anilines is 1. The Hall–Kier alpha value is -2.64. The molecule has 0 aliphatic carbocycles. The van der Waals surface area contributed by atoms with Crippen molar-refractivity contribution in [1.29, 1.82) is 0 Å². The number of carbonyl (C=O) groups excluding carboxylic acids is 2. The van der Waals surface area contributed by atoms with E-state index in [2.05, 4.69) is 16.7 Å². The minimum atomic E-state index is -0.210. The van der Waals surface area contributed by atoms with Crippen LogP contribution >= 0.6 is 22.9 Å². The molecule has 2 heterocycles. The van der Waals surface area contributed by atoms with Crippen LogP contribution in [-0.2, 0) is 0 Å². The molecule has 3 aromatic rings. The molecule has 2 aromatic carbocycles. The van der Waals surface area contributed by atoms with E-state index in [-0.39, 0.29) is 11.9 Å². The van der Waals surface area contributed by atoms with Crippen molar-refractivity contribution in [2.75, 3.05) is 25.0 Å². The van der Waals surface area contributed by atoms with E-state index < -0.39 is 0 Å². The maximum absolute atomic E-state index is 12.7. The summed E-state index contributed by atoms with van der Waals surface area (Å²) in [6.07, 6.45) is 1.78. The van der Waals surface area contributed by atoms with Crippen LogP contribution in [0.2, 0.25) is 5.02 Å². The normalized spacial score (nSPS) is 14.7. The third kappa shape index (κ3) is 5.22. The number of para-hydroxylation sites is 1. The highest BCUT2D eigenvalue weighted by atomic mass is 35.5. The summed E-state index contributed by atoms with van der Waals surface area (Å²) in [5.74, 6) is 0.531. The van der Waals surface area contributed by atoms with Gasteiger partial charge in [-0.15, -0.1) is 11.3 Å². The number of aromatic nitrogens is 1. The van der Waals surface area contributed by atoms with E-state index in [1.54, 1.807) is 29.5 Å². The summed E-state index contributed by atoms with van der Waals surface area (Å²) in [6.45, 7) is 6.00. The molecular weight excluding hydrogens is 444 g/mol. The van der Waals surface area contributed by atoms with Crippen molar-refractivity contribution in [2.24, 2.45) is 5.92 Å². The molecule has 0 spiro atoms. The topological polar surface area (TPSA) is 74.3 Å². The van der Waals surface area contributed by atoms with Crippen LogP contribution in [0.3, 0.4) is 0 Å². The molecule has 0 unspecified atom stereocenters. The van der Waals surface area contributed by atoms with Gasteiger partial charge in [-0.2, -0.15) is 0 Å². The molecule has 6 nitrogen and oxygen atoms in total. The van der Waals surface area contributed by atoms with E-state index in [1.165, 1.54) is 4.70 Å². The Morgan fingerprint density at radius 3 is 2.62 bits per heavy atom. The van der Waals surface area contributed by atoms with Crippen LogP contribution in [0.15, 0.2) is 42.5 Å². The Labute approximate surface area is 197 Å². The molecule has 1 aliphatic heterocycles. The predicted molar refractivity (Wildman–Crippen MR) is 131 cm³/mol. The van der Waals surface area contributed by atoms with Crippen molar-refractivity contribution in [3.05, 3.63) is 58.1 Å². The lowest BCUT2D eigenvalue weighted by atomic mass is 9.98. The van der Waals surface area contributed by atoms with Gasteiger partial charge in [0.25, 0.3) is 5.91 Å². The first-order valence-electron chi connectivity index (χ1n) is 10.9. The molecule has 1 saturated heterocycles. The zero-order valence-electron chi connectivity index (χ0n) is 18.2. The minimum Gasteiger partial charge on any atom is -0.352 e. The summed E-state index contributed by atoms with van der Waals surface area (Å²) < 4.78 is 1.21. The van der Waals surface area contributed by atoms with Gasteiger partial charge in [-0.05, 0) is 49.1 Å². The molecule has 0 bridgehead atoms. The second-order valence-corrected chi connectivity index (χ2v) is 9.98. The van der Waals surface area contributed by atoms with E-state index in [9.17, 15) is 9.59 Å². The van der Waals surface area contributed by atoms with Crippen molar-refractivity contribution in [3.63, 3.8) is 0 Å². The van der Waals surface area contributed by atoms with Crippen LogP contribution in [0.5, 0.6) is 0 Å². The third-order valence-corrected chi connectivity index (χ3v) is 7.09. The number of nitrogens with one attached hydrogen (secondary N) is 2. The molecule has 1 aromatic heterocycles. The van der Waals surface area contributed by atoms with Gasteiger partial charge in [0.2, 0.25) is 0 Å². The minimum absolute atomic E-state index is 0.152. The Morgan fingerprint density at radius 2 is 1.94 bits per heavy atom. The number of amides is 3. The summed E-state index contributed by atoms with van der Waals surface area (Å²) in [7, 11) is 0. The van der Waals surface area contributed by atoms with Crippen molar-refractivity contribution in [2.45, 2.75) is 32.6 Å². The van der Waals surface area contributed by atoms with Crippen LogP contribution in [0.25, 0.3) is 10.2 Å². The monoisotopic (exact) mass is 470 g/mol. The first-order valence-corrected chi connectivity index (χ1v) is 12.1. The number of hydrogen-bond acceptors (Lipinski definition) is 4. The van der Waals surface area contributed by atoms with Gasteiger partial charge in [0.05, 0.1) is 25.8 Å². The molecule has 3 amide bonds. The highest BCUT2D eigenvalue weighted by Crippen LogP contribution is 2.34. The Kier molecular flexibility index (Phi) is 6.96. The van der Waals surface area contributed by atoms with Crippen LogP contribution in [0, 0.1) is 5.92 Å². The summed E-state index contributed by atoms with van der Waals surface area (Å²) in [5.41, 5.74) is 2.03. The zero-order chi connectivity index (χ0) is 22.7. The zero-order valence-corrected chi connectivity index (χ0v) is 19.8. The lowest BCUT2D eigenvalue weighted by Gasteiger charge is -2.31. The van der Waals surface area contributed by atoms with E-state index in [0.29, 0.717) is 47.7 Å². The highest BCUT2D eigenvalue weighted by molar-refractivity contribution is 7.18. The van der Waals surface area contributed by atoms with E-state index in [4.69, 9.17) is 16.6 Å². The molecule has 0 saturated carbocycles. The van der Waals surface area contributed by atoms with Gasteiger partial charge in [-0.1, -0.05) is 37.6 Å². The van der Waals surface area contributed by atoms with Crippen LogP contribution in [0.1, 0.15) is 48.0 Å². The predicted octanol–water partition coefficient (Wildman–Crippen LogP) is 5.75. The number of carbonyl (C=O) groups is 2. The van der Waals surface area contributed by atoms with E-state index >= 15 is 0 Å². The van der Waals surface area contributed by atoms with Crippen molar-refractivity contribution in [1.82, 2.24) is 15.2 Å². The average Bonchev–Trinajstić information content (AvgIpc) is 3.22. The first kappa shape index (κ1) is 22.6. The molecule has 1 fully saturated rings. The maximum Gasteiger partial charge on any atom is 0.321 e. The first-order chi connectivity index (χ1) is 15.4. The van der Waals surface area contributed by atoms with Gasteiger partial charge in [0.1, 0.15) is 0 Å². The number of rotatable bonds is 5. The molecule has 32 heavy (non-hydrogen) atoms. The van der Waals surface area contributed by atoms with Gasteiger partial charge in [0, 0.05) is 31.2 Å². The number of likely N-dealkylation sites (tertiary alicyclic amines) is 1. The summed E-state index contributed by atoms with van der Waals surface area (Å²) in [5, 5.41) is 7.23. The van der Waals surface area contributed by atoms with Gasteiger partial charge >= 0.3 is 6.03 Å². The summed E-state index contributed by atoms with van der Waals surface area (Å²) in [6, 6.07) is 13.0. The number of benzene rings is 2. The molecule has 0 radical (unpaired) electrons. The third-order valence-electron chi connectivity index (χ3n) is 5.58. The van der Waals surface area contributed by atoms with E-state index in [0.717, 1.165) is 23.4 Å². The number of halogens is 1. The number of nitrogens with zero attached hydrogens (tertiary/aromatic N) is 2. The van der Waals surface area contributed by atoms with Gasteiger partial charge in [0.15, 0.2) is 0 Å². The standard InChI is InChI=1S/C24H27ClN4O2S/c1-15(2)14-26-22(30)18-8-7-17(13-19(18)25)27-24(31)29-11-9-16(10-12-29)23-28-20-5-3-4-6-21(20)32-23/h3-8,13,15-16H,9-12,14H2,1-2H3,(H,26,30)(H,27,31). The quantitative estimate of drug-likeness (QED) is 0.498. The number of hydrogen-bond donors (Lipinski definition) is 2. The Morgan fingerprint density at radius 1 is 1.19 bits per heavy atom. The van der Waals surface area contributed by atoms with Crippen LogP contribution in [-0.4, -0.2) is 41.5 Å². The molecular formula is C24H27ClN4O2S. The lowest BCUT2D eigenvalue weighted by Crippen LogP contribution is -2.40. The van der Waals surface area contributed by atoms with Crippen molar-refractivity contribution < 1.29 is 9.59 Å². The van der Waals surface area contributed by atoms with Crippen LogP contribution in [0.4, 0.5) is 10.5 Å². The molecule has 1 aliphatic rings. The van der Waals surface area contributed by atoms with Gasteiger partial charge < -0.3 is 15.5 Å². The van der Waals surface area contributed by atoms with E-state index in [1.807, 2.05) is 36.9 Å². The second-order valence-electron chi connectivity index (χ2n) is 8.51. The largest absolute Gasteiger partial charge is 0.352 e.